The van der Waals surface area contributed by atoms with E-state index in [1.54, 1.807) is 0 Å². The van der Waals surface area contributed by atoms with Gasteiger partial charge in [-0.15, -0.1) is 0 Å². The van der Waals surface area contributed by atoms with Crippen molar-refractivity contribution in [3.63, 3.8) is 0 Å². The summed E-state index contributed by atoms with van der Waals surface area (Å²) < 4.78 is 0. The van der Waals surface area contributed by atoms with Crippen LogP contribution in [-0.2, 0) is 4.79 Å². The summed E-state index contributed by atoms with van der Waals surface area (Å²) in [7, 11) is 1.86. The number of rotatable bonds is 3. The summed E-state index contributed by atoms with van der Waals surface area (Å²) in [6, 6.07) is 0.343. The van der Waals surface area contributed by atoms with Crippen LogP contribution in [0.2, 0.25) is 0 Å². The molecule has 0 radical (unpaired) electrons. The fraction of sp³-hybridized carbons (Fsp3) is 0.857. The number of piperidine rings is 1. The third-order valence-corrected chi connectivity index (χ3v) is 4.71. The molecule has 1 saturated heterocycles. The Bertz CT molecular complexity index is 368. The van der Waals surface area contributed by atoms with Gasteiger partial charge < -0.3 is 14.9 Å². The third-order valence-electron chi connectivity index (χ3n) is 4.71. The molecule has 1 N–H and O–H groups in total. The number of carbonyl (C=O) groups is 2. The van der Waals surface area contributed by atoms with Gasteiger partial charge in [-0.3, -0.25) is 4.79 Å². The molecule has 1 aliphatic carbocycles. The summed E-state index contributed by atoms with van der Waals surface area (Å²) >= 11 is 0. The standard InChI is InChI=1S/C14H24N2O3/c1-9-8-16(7-6-12(9)13(17)18)14(19)15(3)10(2)11-4-5-11/h9-12H,4-8H2,1-3H3,(H,17,18). The third kappa shape index (κ3) is 3.01. The van der Waals surface area contributed by atoms with Gasteiger partial charge in [0.25, 0.3) is 0 Å². The highest BCUT2D eigenvalue weighted by molar-refractivity contribution is 5.76. The lowest BCUT2D eigenvalue weighted by Crippen LogP contribution is -2.51. The van der Waals surface area contributed by atoms with Gasteiger partial charge in [-0.1, -0.05) is 6.92 Å². The maximum absolute atomic E-state index is 12.4. The van der Waals surface area contributed by atoms with E-state index in [1.807, 2.05) is 23.8 Å². The quantitative estimate of drug-likeness (QED) is 0.850. The van der Waals surface area contributed by atoms with Crippen LogP contribution < -0.4 is 0 Å². The average molecular weight is 268 g/mol. The van der Waals surface area contributed by atoms with E-state index in [1.165, 1.54) is 12.8 Å². The summed E-state index contributed by atoms with van der Waals surface area (Å²) in [5, 5.41) is 9.10. The number of urea groups is 1. The molecule has 0 aromatic rings. The van der Waals surface area contributed by atoms with Crippen molar-refractivity contribution < 1.29 is 14.7 Å². The van der Waals surface area contributed by atoms with Crippen LogP contribution in [0.5, 0.6) is 0 Å². The maximum Gasteiger partial charge on any atom is 0.319 e. The van der Waals surface area contributed by atoms with Crippen LogP contribution in [0.1, 0.15) is 33.1 Å². The summed E-state index contributed by atoms with van der Waals surface area (Å²) in [4.78, 5) is 27.1. The summed E-state index contributed by atoms with van der Waals surface area (Å²) in [6.45, 7) is 5.13. The second kappa shape index (κ2) is 5.39. The number of carboxylic acid groups (broad SMARTS) is 1. The van der Waals surface area contributed by atoms with Gasteiger partial charge in [-0.05, 0) is 38.0 Å². The van der Waals surface area contributed by atoms with E-state index in [2.05, 4.69) is 6.92 Å². The summed E-state index contributed by atoms with van der Waals surface area (Å²) in [6.07, 6.45) is 3.00. The molecule has 0 aromatic heterocycles. The van der Waals surface area contributed by atoms with Crippen LogP contribution in [0.15, 0.2) is 0 Å². The van der Waals surface area contributed by atoms with Crippen LogP contribution in [-0.4, -0.2) is 53.1 Å². The van der Waals surface area contributed by atoms with Crippen molar-refractivity contribution in [2.45, 2.75) is 39.2 Å². The largest absolute Gasteiger partial charge is 0.481 e. The fourth-order valence-corrected chi connectivity index (χ4v) is 2.98. The molecule has 5 heteroatoms. The van der Waals surface area contributed by atoms with Gasteiger partial charge in [0.05, 0.1) is 5.92 Å². The lowest BCUT2D eigenvalue weighted by Gasteiger charge is -2.38. The number of hydrogen-bond acceptors (Lipinski definition) is 2. The Kier molecular flexibility index (Phi) is 4.02. The van der Waals surface area contributed by atoms with Gasteiger partial charge >= 0.3 is 12.0 Å². The second-order valence-corrected chi connectivity index (χ2v) is 6.13. The lowest BCUT2D eigenvalue weighted by molar-refractivity contribution is -0.145. The normalized spacial score (nSPS) is 28.9. The molecule has 0 aromatic carbocycles. The number of amides is 2. The minimum atomic E-state index is -0.737. The SMILES string of the molecule is CC1CN(C(=O)N(C)C(C)C2CC2)CCC1C(=O)O. The van der Waals surface area contributed by atoms with Crippen molar-refractivity contribution in [3.8, 4) is 0 Å². The topological polar surface area (TPSA) is 60.9 Å². The Morgan fingerprint density at radius 3 is 2.42 bits per heavy atom. The number of nitrogens with zero attached hydrogens (tertiary/aromatic N) is 2. The molecule has 1 saturated carbocycles. The molecule has 0 bridgehead atoms. The highest BCUT2D eigenvalue weighted by Gasteiger charge is 2.37. The average Bonchev–Trinajstić information content (AvgIpc) is 3.19. The van der Waals surface area contributed by atoms with Crippen molar-refractivity contribution in [1.29, 1.82) is 0 Å². The van der Waals surface area contributed by atoms with Crippen molar-refractivity contribution in [3.05, 3.63) is 0 Å². The number of likely N-dealkylation sites (tertiary alicyclic amines) is 1. The Balaban J connectivity index is 1.92. The van der Waals surface area contributed by atoms with E-state index in [4.69, 9.17) is 5.11 Å². The van der Waals surface area contributed by atoms with E-state index in [0.717, 1.165) is 0 Å². The van der Waals surface area contributed by atoms with E-state index in [9.17, 15) is 9.59 Å². The van der Waals surface area contributed by atoms with E-state index in [-0.39, 0.29) is 17.9 Å². The van der Waals surface area contributed by atoms with Gasteiger partial charge in [0.2, 0.25) is 0 Å². The highest BCUT2D eigenvalue weighted by atomic mass is 16.4. The van der Waals surface area contributed by atoms with E-state index in [0.29, 0.717) is 31.5 Å². The molecule has 5 nitrogen and oxygen atoms in total. The first-order valence-corrected chi connectivity index (χ1v) is 7.16. The van der Waals surface area contributed by atoms with E-state index >= 15 is 0 Å². The van der Waals surface area contributed by atoms with Gasteiger partial charge in [-0.25, -0.2) is 4.79 Å². The molecule has 1 heterocycles. The zero-order valence-electron chi connectivity index (χ0n) is 12.0. The Labute approximate surface area is 114 Å². The van der Waals surface area contributed by atoms with Crippen LogP contribution in [0.4, 0.5) is 4.79 Å². The number of aliphatic carboxylic acids is 1. The van der Waals surface area contributed by atoms with Crippen LogP contribution in [0.3, 0.4) is 0 Å². The number of hydrogen-bond donors (Lipinski definition) is 1. The maximum atomic E-state index is 12.4. The molecular weight excluding hydrogens is 244 g/mol. The summed E-state index contributed by atoms with van der Waals surface area (Å²) in [5.74, 6) is -0.364. The molecule has 1 aliphatic heterocycles. The molecule has 2 aliphatic rings. The Morgan fingerprint density at radius 2 is 1.95 bits per heavy atom. The Morgan fingerprint density at radius 1 is 1.32 bits per heavy atom. The predicted octanol–water partition coefficient (Wildman–Crippen LogP) is 1.88. The zero-order chi connectivity index (χ0) is 14.2. The molecule has 3 atom stereocenters. The van der Waals surface area contributed by atoms with Crippen molar-refractivity contribution in [1.82, 2.24) is 9.80 Å². The van der Waals surface area contributed by atoms with Crippen molar-refractivity contribution >= 4 is 12.0 Å². The minimum Gasteiger partial charge on any atom is -0.481 e. The van der Waals surface area contributed by atoms with Gasteiger partial charge in [0.15, 0.2) is 0 Å². The first kappa shape index (κ1) is 14.2. The van der Waals surface area contributed by atoms with Crippen LogP contribution in [0, 0.1) is 17.8 Å². The first-order valence-electron chi connectivity index (χ1n) is 7.16. The smallest absolute Gasteiger partial charge is 0.319 e. The summed E-state index contributed by atoms with van der Waals surface area (Å²) in [5.41, 5.74) is 0. The van der Waals surface area contributed by atoms with Gasteiger partial charge in [0.1, 0.15) is 0 Å². The van der Waals surface area contributed by atoms with Crippen LogP contribution >= 0.6 is 0 Å². The first-order chi connectivity index (χ1) is 8.91. The van der Waals surface area contributed by atoms with Gasteiger partial charge in [-0.2, -0.15) is 0 Å². The van der Waals surface area contributed by atoms with Gasteiger partial charge in [0, 0.05) is 26.2 Å². The molecule has 2 rings (SSSR count). The molecular formula is C14H24N2O3. The van der Waals surface area contributed by atoms with Crippen molar-refractivity contribution in [2.75, 3.05) is 20.1 Å². The molecule has 2 amide bonds. The predicted molar refractivity (Wildman–Crippen MR) is 71.8 cm³/mol. The molecule has 3 unspecified atom stereocenters. The molecule has 108 valence electrons. The lowest BCUT2D eigenvalue weighted by atomic mass is 9.87. The van der Waals surface area contributed by atoms with E-state index < -0.39 is 5.97 Å². The number of carboxylic acids is 1. The highest BCUT2D eigenvalue weighted by Crippen LogP contribution is 2.35. The van der Waals surface area contributed by atoms with Crippen molar-refractivity contribution in [2.24, 2.45) is 17.8 Å². The molecule has 2 fully saturated rings. The molecule has 19 heavy (non-hydrogen) atoms. The van der Waals surface area contributed by atoms with Crippen LogP contribution in [0.25, 0.3) is 0 Å². The zero-order valence-corrected chi connectivity index (χ0v) is 12.0. The number of carbonyl (C=O) groups excluding carboxylic acids is 1. The Hall–Kier alpha value is -1.26. The second-order valence-electron chi connectivity index (χ2n) is 6.13. The molecule has 0 spiro atoms. The fourth-order valence-electron chi connectivity index (χ4n) is 2.98. The minimum absolute atomic E-state index is 0.0276. The monoisotopic (exact) mass is 268 g/mol.